The van der Waals surface area contributed by atoms with Gasteiger partial charge in [-0.1, -0.05) is 0 Å². The van der Waals surface area contributed by atoms with Crippen molar-refractivity contribution in [3.63, 3.8) is 0 Å². The van der Waals surface area contributed by atoms with Crippen molar-refractivity contribution in [1.29, 1.82) is 0 Å². The molecule has 2 N–H and O–H groups in total. The summed E-state index contributed by atoms with van der Waals surface area (Å²) in [4.78, 5) is 11.9. The molecule has 18 heavy (non-hydrogen) atoms. The van der Waals surface area contributed by atoms with Crippen molar-refractivity contribution in [3.8, 4) is 0 Å². The highest BCUT2D eigenvalue weighted by Crippen LogP contribution is 2.31. The van der Waals surface area contributed by atoms with Gasteiger partial charge in [-0.2, -0.15) is 13.2 Å². The zero-order chi connectivity index (χ0) is 13.3. The average Bonchev–Trinajstić information content (AvgIpc) is 2.80. The molecule has 2 aromatic rings. The van der Waals surface area contributed by atoms with Gasteiger partial charge in [-0.15, -0.1) is 0 Å². The minimum Gasteiger partial charge on any atom is -0.461 e. The van der Waals surface area contributed by atoms with Crippen LogP contribution in [0.25, 0.3) is 0 Å². The fourth-order valence-electron chi connectivity index (χ4n) is 1.47. The molecular formula is C12H8F3NO2. The van der Waals surface area contributed by atoms with Crippen LogP contribution >= 0.6 is 0 Å². The third kappa shape index (κ3) is 2.22. The van der Waals surface area contributed by atoms with Gasteiger partial charge in [0.05, 0.1) is 11.8 Å². The van der Waals surface area contributed by atoms with E-state index in [2.05, 4.69) is 0 Å². The highest BCUT2D eigenvalue weighted by Gasteiger charge is 2.31. The number of hydrogen-bond donors (Lipinski definition) is 1. The van der Waals surface area contributed by atoms with Crippen LogP contribution in [0.2, 0.25) is 0 Å². The first-order valence-corrected chi connectivity index (χ1v) is 4.94. The van der Waals surface area contributed by atoms with Crippen LogP contribution in [0, 0.1) is 0 Å². The molecule has 0 spiro atoms. The van der Waals surface area contributed by atoms with Gasteiger partial charge in [-0.3, -0.25) is 4.79 Å². The molecule has 0 amide bonds. The molecular weight excluding hydrogens is 247 g/mol. The number of halogens is 3. The van der Waals surface area contributed by atoms with E-state index in [0.29, 0.717) is 0 Å². The topological polar surface area (TPSA) is 56.2 Å². The summed E-state index contributed by atoms with van der Waals surface area (Å²) in [6, 6.07) is 5.44. The Kier molecular flexibility index (Phi) is 2.86. The lowest BCUT2D eigenvalue weighted by atomic mass is 10.0. The number of nitrogen functional groups attached to an aromatic ring is 1. The Balaban J connectivity index is 2.48. The minimum absolute atomic E-state index is 0.0237. The lowest BCUT2D eigenvalue weighted by Gasteiger charge is -2.09. The van der Waals surface area contributed by atoms with Crippen LogP contribution in [0.3, 0.4) is 0 Å². The number of benzene rings is 1. The maximum Gasteiger partial charge on any atom is 0.416 e. The Bertz CT molecular complexity index is 574. The van der Waals surface area contributed by atoms with E-state index in [0.717, 1.165) is 18.2 Å². The summed E-state index contributed by atoms with van der Waals surface area (Å²) in [5.41, 5.74) is 4.34. The van der Waals surface area contributed by atoms with Crippen LogP contribution in [0.15, 0.2) is 41.0 Å². The van der Waals surface area contributed by atoms with Gasteiger partial charge in [0.25, 0.3) is 0 Å². The van der Waals surface area contributed by atoms with E-state index >= 15 is 0 Å². The number of alkyl halides is 3. The molecule has 1 aromatic carbocycles. The lowest BCUT2D eigenvalue weighted by Crippen LogP contribution is -2.10. The molecule has 0 aliphatic heterocycles. The van der Waals surface area contributed by atoms with Crippen molar-refractivity contribution < 1.29 is 22.4 Å². The molecule has 6 heteroatoms. The van der Waals surface area contributed by atoms with Crippen LogP contribution in [0.5, 0.6) is 0 Å². The second kappa shape index (κ2) is 4.21. The minimum atomic E-state index is -4.52. The van der Waals surface area contributed by atoms with Crippen LogP contribution < -0.4 is 5.73 Å². The molecule has 0 radical (unpaired) electrons. The fraction of sp³-hybridized carbons (Fsp3) is 0.0833. The van der Waals surface area contributed by atoms with Gasteiger partial charge in [0.15, 0.2) is 5.76 Å². The number of carbonyl (C=O) groups excluding carboxylic acids is 1. The summed E-state index contributed by atoms with van der Waals surface area (Å²) < 4.78 is 42.4. The molecule has 1 aromatic heterocycles. The van der Waals surface area contributed by atoms with E-state index in [1.54, 1.807) is 0 Å². The van der Waals surface area contributed by atoms with E-state index in [1.165, 1.54) is 18.4 Å². The Hall–Kier alpha value is -2.24. The van der Waals surface area contributed by atoms with Crippen molar-refractivity contribution >= 4 is 11.5 Å². The van der Waals surface area contributed by atoms with E-state index < -0.39 is 17.5 Å². The number of anilines is 1. The zero-order valence-corrected chi connectivity index (χ0v) is 8.99. The number of carbonyl (C=O) groups is 1. The molecule has 2 rings (SSSR count). The standard InChI is InChI=1S/C12H8F3NO2/c13-12(14,15)7-3-4-9(16)8(6-7)11(17)10-2-1-5-18-10/h1-6H,16H2. The average molecular weight is 255 g/mol. The number of rotatable bonds is 2. The number of furan rings is 1. The van der Waals surface area contributed by atoms with Crippen LogP contribution in [-0.2, 0) is 6.18 Å². The van der Waals surface area contributed by atoms with Crippen molar-refractivity contribution in [3.05, 3.63) is 53.5 Å². The van der Waals surface area contributed by atoms with Gasteiger partial charge in [-0.25, -0.2) is 0 Å². The van der Waals surface area contributed by atoms with Gasteiger partial charge in [0.1, 0.15) is 0 Å². The quantitative estimate of drug-likeness (QED) is 0.662. The summed E-state index contributed by atoms with van der Waals surface area (Å²) in [5, 5.41) is 0. The zero-order valence-electron chi connectivity index (χ0n) is 8.99. The van der Waals surface area contributed by atoms with Crippen molar-refractivity contribution in [2.75, 3.05) is 5.73 Å². The fourth-order valence-corrected chi connectivity index (χ4v) is 1.47. The molecule has 0 unspecified atom stereocenters. The van der Waals surface area contributed by atoms with Gasteiger partial charge < -0.3 is 10.2 Å². The third-order valence-electron chi connectivity index (χ3n) is 2.37. The first-order chi connectivity index (χ1) is 8.39. The molecule has 0 saturated carbocycles. The summed E-state index contributed by atoms with van der Waals surface area (Å²) in [5.74, 6) is -0.732. The van der Waals surface area contributed by atoms with E-state index in [9.17, 15) is 18.0 Å². The predicted octanol–water partition coefficient (Wildman–Crippen LogP) is 3.11. The van der Waals surface area contributed by atoms with Crippen LogP contribution in [0.1, 0.15) is 21.7 Å². The van der Waals surface area contributed by atoms with Crippen molar-refractivity contribution in [2.45, 2.75) is 6.18 Å². The monoisotopic (exact) mass is 255 g/mol. The Labute approximate surface area is 100 Å². The first kappa shape index (κ1) is 12.2. The Morgan fingerprint density at radius 1 is 1.22 bits per heavy atom. The molecule has 0 aliphatic carbocycles. The van der Waals surface area contributed by atoms with E-state index in [4.69, 9.17) is 10.2 Å². The lowest BCUT2D eigenvalue weighted by molar-refractivity contribution is -0.137. The van der Waals surface area contributed by atoms with E-state index in [-0.39, 0.29) is 17.0 Å². The smallest absolute Gasteiger partial charge is 0.416 e. The highest BCUT2D eigenvalue weighted by molar-refractivity contribution is 6.10. The van der Waals surface area contributed by atoms with Crippen LogP contribution in [0.4, 0.5) is 18.9 Å². The van der Waals surface area contributed by atoms with Gasteiger partial charge >= 0.3 is 6.18 Å². The Morgan fingerprint density at radius 2 is 1.94 bits per heavy atom. The SMILES string of the molecule is Nc1ccc(C(F)(F)F)cc1C(=O)c1ccco1. The molecule has 1 heterocycles. The normalized spacial score (nSPS) is 11.5. The summed E-state index contributed by atoms with van der Waals surface area (Å²) >= 11 is 0. The second-order valence-corrected chi connectivity index (χ2v) is 3.61. The maximum absolute atomic E-state index is 12.5. The molecule has 0 saturated heterocycles. The highest BCUT2D eigenvalue weighted by atomic mass is 19.4. The molecule has 3 nitrogen and oxygen atoms in total. The Morgan fingerprint density at radius 3 is 2.50 bits per heavy atom. The summed E-state index contributed by atoms with van der Waals surface area (Å²) in [6.45, 7) is 0. The predicted molar refractivity (Wildman–Crippen MR) is 58.0 cm³/mol. The molecule has 0 atom stereocenters. The molecule has 0 aliphatic rings. The largest absolute Gasteiger partial charge is 0.461 e. The maximum atomic E-state index is 12.5. The van der Waals surface area contributed by atoms with Crippen molar-refractivity contribution in [2.24, 2.45) is 0 Å². The molecule has 0 fully saturated rings. The number of hydrogen-bond acceptors (Lipinski definition) is 3. The van der Waals surface area contributed by atoms with Gasteiger partial charge in [0, 0.05) is 11.3 Å². The van der Waals surface area contributed by atoms with Gasteiger partial charge in [-0.05, 0) is 30.3 Å². The second-order valence-electron chi connectivity index (χ2n) is 3.61. The molecule has 0 bridgehead atoms. The third-order valence-corrected chi connectivity index (χ3v) is 2.37. The van der Waals surface area contributed by atoms with Crippen LogP contribution in [-0.4, -0.2) is 5.78 Å². The van der Waals surface area contributed by atoms with Gasteiger partial charge in [0.2, 0.25) is 5.78 Å². The molecule has 94 valence electrons. The summed E-state index contributed by atoms with van der Waals surface area (Å²) in [7, 11) is 0. The number of ketones is 1. The van der Waals surface area contributed by atoms with Crippen molar-refractivity contribution in [1.82, 2.24) is 0 Å². The summed E-state index contributed by atoms with van der Waals surface area (Å²) in [6.07, 6.45) is -3.26. The van der Waals surface area contributed by atoms with E-state index in [1.807, 2.05) is 0 Å². The first-order valence-electron chi connectivity index (χ1n) is 4.94. The number of nitrogens with two attached hydrogens (primary N) is 1.